The fraction of sp³-hybridized carbons (Fsp3) is 0.579. The van der Waals surface area contributed by atoms with E-state index in [1.807, 2.05) is 34.8 Å². The zero-order chi connectivity index (χ0) is 18.1. The van der Waals surface area contributed by atoms with Crippen molar-refractivity contribution in [2.24, 2.45) is 5.92 Å². The molecular formula is C19H26N4O2S. The van der Waals surface area contributed by atoms with Crippen molar-refractivity contribution < 1.29 is 9.90 Å². The molecule has 0 aromatic carbocycles. The van der Waals surface area contributed by atoms with Gasteiger partial charge in [0, 0.05) is 41.3 Å². The number of carbonyl (C=O) groups is 1. The van der Waals surface area contributed by atoms with E-state index in [4.69, 9.17) is 0 Å². The molecule has 6 nitrogen and oxygen atoms in total. The van der Waals surface area contributed by atoms with Crippen LogP contribution in [0.5, 0.6) is 0 Å². The van der Waals surface area contributed by atoms with Gasteiger partial charge in [0.2, 0.25) is 0 Å². The van der Waals surface area contributed by atoms with Gasteiger partial charge in [0.05, 0.1) is 17.7 Å². The highest BCUT2D eigenvalue weighted by atomic mass is 32.1. The molecule has 1 aromatic heterocycles. The highest BCUT2D eigenvalue weighted by molar-refractivity contribution is 7.09. The molecule has 4 rings (SSSR count). The van der Waals surface area contributed by atoms with Gasteiger partial charge < -0.3 is 20.6 Å². The van der Waals surface area contributed by atoms with E-state index in [1.54, 1.807) is 11.3 Å². The molecular weight excluding hydrogens is 348 g/mol. The zero-order valence-corrected chi connectivity index (χ0v) is 15.8. The van der Waals surface area contributed by atoms with E-state index in [0.29, 0.717) is 12.6 Å². The van der Waals surface area contributed by atoms with E-state index >= 15 is 0 Å². The molecule has 1 aliphatic carbocycles. The van der Waals surface area contributed by atoms with Crippen LogP contribution in [-0.4, -0.2) is 51.8 Å². The molecule has 0 bridgehead atoms. The fourth-order valence-corrected chi connectivity index (χ4v) is 4.96. The Kier molecular flexibility index (Phi) is 5.11. The highest BCUT2D eigenvalue weighted by Crippen LogP contribution is 2.35. The van der Waals surface area contributed by atoms with Gasteiger partial charge >= 0.3 is 6.03 Å². The highest BCUT2D eigenvalue weighted by Gasteiger charge is 2.47. The minimum Gasteiger partial charge on any atom is -0.391 e. The van der Waals surface area contributed by atoms with Crippen LogP contribution in [0.2, 0.25) is 0 Å². The fourth-order valence-electron chi connectivity index (χ4n) is 4.34. The smallest absolute Gasteiger partial charge is 0.322 e. The van der Waals surface area contributed by atoms with Crippen LogP contribution < -0.4 is 10.6 Å². The Hall–Kier alpha value is -1.70. The van der Waals surface area contributed by atoms with Crippen molar-refractivity contribution in [2.45, 2.75) is 56.8 Å². The lowest BCUT2D eigenvalue weighted by molar-refractivity contribution is 0.0744. The first-order chi connectivity index (χ1) is 12.7. The van der Waals surface area contributed by atoms with Gasteiger partial charge in [-0.25, -0.2) is 4.79 Å². The molecule has 7 heteroatoms. The Morgan fingerprint density at radius 3 is 3.19 bits per heavy atom. The molecule has 140 valence electrons. The third kappa shape index (κ3) is 3.31. The van der Waals surface area contributed by atoms with Crippen LogP contribution in [0.3, 0.4) is 0 Å². The van der Waals surface area contributed by atoms with Crippen LogP contribution in [0.4, 0.5) is 4.79 Å². The number of rotatable bonds is 6. The number of nitrogens with one attached hydrogen (secondary N) is 2. The van der Waals surface area contributed by atoms with Crippen LogP contribution in [0.15, 0.2) is 35.6 Å². The third-order valence-corrected chi connectivity index (χ3v) is 6.63. The predicted octanol–water partition coefficient (Wildman–Crippen LogP) is 2.04. The van der Waals surface area contributed by atoms with Crippen LogP contribution >= 0.6 is 11.3 Å². The summed E-state index contributed by atoms with van der Waals surface area (Å²) < 4.78 is 0. The molecule has 3 unspecified atom stereocenters. The normalized spacial score (nSPS) is 31.2. The largest absolute Gasteiger partial charge is 0.391 e. The number of carbonyl (C=O) groups excluding carboxylic acids is 1. The second kappa shape index (κ2) is 7.50. The van der Waals surface area contributed by atoms with Crippen LogP contribution in [0, 0.1) is 5.92 Å². The average molecular weight is 375 g/mol. The number of thiazole rings is 1. The number of nitrogens with zero attached hydrogens (tertiary/aromatic N) is 2. The van der Waals surface area contributed by atoms with E-state index in [1.165, 1.54) is 4.88 Å². The van der Waals surface area contributed by atoms with Gasteiger partial charge in [-0.2, -0.15) is 0 Å². The lowest BCUT2D eigenvalue weighted by Gasteiger charge is -2.33. The number of aliphatic hydroxyl groups is 1. The first kappa shape index (κ1) is 17.7. The van der Waals surface area contributed by atoms with Gasteiger partial charge in [0.25, 0.3) is 0 Å². The molecule has 5 atom stereocenters. The SMILES string of the molecule is CCC(CCc1cncs1)N[C@@H]1CCN2C(=O)NC3=CC=CC(C32)[C@H]1O. The van der Waals surface area contributed by atoms with Crippen LogP contribution in [0.25, 0.3) is 0 Å². The summed E-state index contributed by atoms with van der Waals surface area (Å²) >= 11 is 1.69. The Morgan fingerprint density at radius 2 is 2.42 bits per heavy atom. The average Bonchev–Trinajstić information content (AvgIpc) is 3.24. The summed E-state index contributed by atoms with van der Waals surface area (Å²) in [5, 5.41) is 17.7. The summed E-state index contributed by atoms with van der Waals surface area (Å²) in [5.74, 6) is -0.0621. The van der Waals surface area contributed by atoms with E-state index in [-0.39, 0.29) is 24.0 Å². The number of allylic oxidation sites excluding steroid dienone is 2. The molecule has 3 N–H and O–H groups in total. The molecule has 2 fully saturated rings. The Morgan fingerprint density at radius 1 is 1.54 bits per heavy atom. The summed E-state index contributed by atoms with van der Waals surface area (Å²) in [7, 11) is 0. The molecule has 2 saturated heterocycles. The van der Waals surface area contributed by atoms with Gasteiger partial charge in [0.1, 0.15) is 0 Å². The summed E-state index contributed by atoms with van der Waals surface area (Å²) in [6.07, 6.45) is 11.2. The predicted molar refractivity (Wildman–Crippen MR) is 102 cm³/mol. The van der Waals surface area contributed by atoms with Crippen LogP contribution in [0.1, 0.15) is 31.1 Å². The van der Waals surface area contributed by atoms with Crippen molar-refractivity contribution in [1.29, 1.82) is 0 Å². The number of aliphatic hydroxyl groups excluding tert-OH is 1. The molecule has 0 spiro atoms. The summed E-state index contributed by atoms with van der Waals surface area (Å²) in [6, 6.07) is 0.251. The maximum Gasteiger partial charge on any atom is 0.322 e. The minimum absolute atomic E-state index is 0.00573. The summed E-state index contributed by atoms with van der Waals surface area (Å²) in [4.78, 5) is 19.6. The molecule has 26 heavy (non-hydrogen) atoms. The van der Waals surface area contributed by atoms with Gasteiger partial charge in [-0.15, -0.1) is 11.3 Å². The van der Waals surface area contributed by atoms with Gasteiger partial charge in [0.15, 0.2) is 0 Å². The monoisotopic (exact) mass is 374 g/mol. The molecule has 0 radical (unpaired) electrons. The van der Waals surface area contributed by atoms with Gasteiger partial charge in [-0.05, 0) is 31.8 Å². The number of aromatic nitrogens is 1. The number of urea groups is 1. The Labute approximate surface area is 158 Å². The lowest BCUT2D eigenvalue weighted by atomic mass is 9.85. The first-order valence-electron chi connectivity index (χ1n) is 9.45. The molecule has 3 aliphatic rings. The number of amides is 2. The Bertz CT molecular complexity index is 702. The molecule has 1 aromatic rings. The maximum absolute atomic E-state index is 12.3. The number of hydrogen-bond acceptors (Lipinski definition) is 5. The molecule has 2 aliphatic heterocycles. The third-order valence-electron chi connectivity index (χ3n) is 5.79. The zero-order valence-electron chi connectivity index (χ0n) is 15.0. The topological polar surface area (TPSA) is 77.5 Å². The van der Waals surface area contributed by atoms with Crippen molar-refractivity contribution >= 4 is 17.4 Å². The summed E-state index contributed by atoms with van der Waals surface area (Å²) in [6.45, 7) is 2.85. The number of hydrogen-bond donors (Lipinski definition) is 3. The van der Waals surface area contributed by atoms with Crippen molar-refractivity contribution in [3.05, 3.63) is 40.5 Å². The van der Waals surface area contributed by atoms with E-state index in [0.717, 1.165) is 31.4 Å². The maximum atomic E-state index is 12.3. The van der Waals surface area contributed by atoms with Crippen molar-refractivity contribution in [1.82, 2.24) is 20.5 Å². The standard InChI is InChI=1S/C19H26N4O2S/c1-2-12(6-7-13-10-20-11-26-13)21-16-8-9-23-17-14(18(16)24)4-3-5-15(17)22-19(23)25/h3-5,10-12,14,16-18,21,24H,2,6-9H2,1H3,(H,22,25)/t12?,14?,16-,17?,18-/m1/s1. The quantitative estimate of drug-likeness (QED) is 0.712. The first-order valence-corrected chi connectivity index (χ1v) is 10.3. The van der Waals surface area contributed by atoms with Gasteiger partial charge in [-0.3, -0.25) is 4.98 Å². The molecule has 2 amide bonds. The lowest BCUT2D eigenvalue weighted by Crippen LogP contribution is -2.49. The van der Waals surface area contributed by atoms with E-state index in [2.05, 4.69) is 22.5 Å². The van der Waals surface area contributed by atoms with Crippen molar-refractivity contribution in [2.75, 3.05) is 6.54 Å². The van der Waals surface area contributed by atoms with Crippen molar-refractivity contribution in [3.63, 3.8) is 0 Å². The Balaban J connectivity index is 1.44. The number of aryl methyl sites for hydroxylation is 1. The van der Waals surface area contributed by atoms with Crippen molar-refractivity contribution in [3.8, 4) is 0 Å². The molecule has 0 saturated carbocycles. The van der Waals surface area contributed by atoms with E-state index < -0.39 is 6.10 Å². The second-order valence-corrected chi connectivity index (χ2v) is 8.29. The summed E-state index contributed by atoms with van der Waals surface area (Å²) in [5.41, 5.74) is 2.79. The van der Waals surface area contributed by atoms with Gasteiger partial charge in [-0.1, -0.05) is 19.1 Å². The van der Waals surface area contributed by atoms with Crippen LogP contribution in [-0.2, 0) is 6.42 Å². The van der Waals surface area contributed by atoms with E-state index in [9.17, 15) is 9.90 Å². The second-order valence-electron chi connectivity index (χ2n) is 7.32. The molecule has 3 heterocycles. The minimum atomic E-state index is -0.505.